The summed E-state index contributed by atoms with van der Waals surface area (Å²) in [6.45, 7) is 4.67. The molecule has 0 atom stereocenters. The van der Waals surface area contributed by atoms with E-state index in [0.29, 0.717) is 17.9 Å². The van der Waals surface area contributed by atoms with E-state index in [2.05, 4.69) is 4.98 Å². The maximum atomic E-state index is 12.0. The van der Waals surface area contributed by atoms with E-state index in [1.807, 2.05) is 32.0 Å². The summed E-state index contributed by atoms with van der Waals surface area (Å²) < 4.78 is 7.01. The second kappa shape index (κ2) is 5.56. The highest BCUT2D eigenvalue weighted by molar-refractivity contribution is 5.89. The first-order valence-corrected chi connectivity index (χ1v) is 6.15. The van der Waals surface area contributed by atoms with E-state index in [9.17, 15) is 4.79 Å². The van der Waals surface area contributed by atoms with Gasteiger partial charge in [0.25, 0.3) is 0 Å². The Morgan fingerprint density at radius 3 is 2.95 bits per heavy atom. The minimum atomic E-state index is -0.387. The summed E-state index contributed by atoms with van der Waals surface area (Å²) in [5.74, 6) is -0.387. The Labute approximate surface area is 112 Å². The lowest BCUT2D eigenvalue weighted by atomic mass is 10.3. The van der Waals surface area contributed by atoms with E-state index in [0.717, 1.165) is 11.4 Å². The molecule has 0 amide bonds. The second-order valence-corrected chi connectivity index (χ2v) is 4.29. The first kappa shape index (κ1) is 13.1. The van der Waals surface area contributed by atoms with Crippen LogP contribution in [0.3, 0.4) is 0 Å². The van der Waals surface area contributed by atoms with Crippen molar-refractivity contribution < 1.29 is 9.53 Å². The minimum Gasteiger partial charge on any atom is -0.455 e. The van der Waals surface area contributed by atoms with Crippen LogP contribution in [0.5, 0.6) is 0 Å². The number of hydrogen-bond donors (Lipinski definition) is 1. The number of carbonyl (C=O) groups is 1. The van der Waals surface area contributed by atoms with Crippen molar-refractivity contribution in [1.82, 2.24) is 9.55 Å². The van der Waals surface area contributed by atoms with E-state index in [4.69, 9.17) is 10.5 Å². The zero-order valence-electron chi connectivity index (χ0n) is 11.1. The van der Waals surface area contributed by atoms with Gasteiger partial charge in [0, 0.05) is 18.4 Å². The molecule has 5 heteroatoms. The molecule has 0 aliphatic heterocycles. The maximum absolute atomic E-state index is 12.0. The number of esters is 1. The zero-order chi connectivity index (χ0) is 13.8. The summed E-state index contributed by atoms with van der Waals surface area (Å²) in [5, 5.41) is 0. The van der Waals surface area contributed by atoms with Gasteiger partial charge in [-0.1, -0.05) is 6.07 Å². The highest BCUT2D eigenvalue weighted by Gasteiger charge is 2.13. The normalized spacial score (nSPS) is 10.4. The van der Waals surface area contributed by atoms with Gasteiger partial charge >= 0.3 is 5.97 Å². The number of aryl methyl sites for hydroxylation is 2. The topological polar surface area (TPSA) is 70.1 Å². The molecule has 0 aromatic carbocycles. The highest BCUT2D eigenvalue weighted by Crippen LogP contribution is 2.12. The molecule has 0 saturated carbocycles. The molecule has 2 heterocycles. The predicted octanol–water partition coefficient (Wildman–Crippen LogP) is 2.15. The predicted molar refractivity (Wildman–Crippen MR) is 72.6 cm³/mol. The Hall–Kier alpha value is -2.30. The third kappa shape index (κ3) is 3.13. The fourth-order valence-corrected chi connectivity index (χ4v) is 1.86. The van der Waals surface area contributed by atoms with Gasteiger partial charge in [-0.05, 0) is 32.0 Å². The first-order valence-electron chi connectivity index (χ1n) is 6.15. The molecule has 100 valence electrons. The van der Waals surface area contributed by atoms with Gasteiger partial charge in [-0.25, -0.2) is 4.79 Å². The summed E-state index contributed by atoms with van der Waals surface area (Å²) in [4.78, 5) is 16.2. The van der Waals surface area contributed by atoms with Crippen molar-refractivity contribution >= 4 is 11.7 Å². The molecular formula is C14H17N3O2. The largest absolute Gasteiger partial charge is 0.455 e. The molecule has 0 unspecified atom stereocenters. The van der Waals surface area contributed by atoms with Gasteiger partial charge in [-0.15, -0.1) is 0 Å². The van der Waals surface area contributed by atoms with Crippen LogP contribution >= 0.6 is 0 Å². The van der Waals surface area contributed by atoms with Gasteiger partial charge in [0.05, 0.1) is 11.4 Å². The number of anilines is 1. The quantitative estimate of drug-likeness (QED) is 0.854. The fraction of sp³-hybridized carbons (Fsp3) is 0.286. The molecule has 2 N–H and O–H groups in total. The van der Waals surface area contributed by atoms with Crippen LogP contribution in [0.25, 0.3) is 0 Å². The van der Waals surface area contributed by atoms with Crippen molar-refractivity contribution in [3.05, 3.63) is 47.5 Å². The van der Waals surface area contributed by atoms with Crippen LogP contribution in [-0.2, 0) is 17.9 Å². The van der Waals surface area contributed by atoms with E-state index in [1.54, 1.807) is 16.8 Å². The Balaban J connectivity index is 2.05. The molecule has 0 fully saturated rings. The SMILES string of the molecule is CCn1cc(N)cc1C(=O)OCc1cccc(C)n1. The summed E-state index contributed by atoms with van der Waals surface area (Å²) in [7, 11) is 0. The lowest BCUT2D eigenvalue weighted by Crippen LogP contribution is -2.11. The summed E-state index contributed by atoms with van der Waals surface area (Å²) in [5.41, 5.74) is 8.33. The number of ether oxygens (including phenoxy) is 1. The van der Waals surface area contributed by atoms with E-state index >= 15 is 0 Å². The van der Waals surface area contributed by atoms with Crippen LogP contribution in [0.15, 0.2) is 30.5 Å². The number of nitrogen functional groups attached to an aromatic ring is 1. The van der Waals surface area contributed by atoms with Crippen molar-refractivity contribution in [3.63, 3.8) is 0 Å². The fourth-order valence-electron chi connectivity index (χ4n) is 1.86. The van der Waals surface area contributed by atoms with Crippen LogP contribution < -0.4 is 5.73 Å². The third-order valence-electron chi connectivity index (χ3n) is 2.76. The number of nitrogens with two attached hydrogens (primary N) is 1. The summed E-state index contributed by atoms with van der Waals surface area (Å²) in [6.07, 6.45) is 1.72. The van der Waals surface area contributed by atoms with Crippen LogP contribution in [0.2, 0.25) is 0 Å². The highest BCUT2D eigenvalue weighted by atomic mass is 16.5. The summed E-state index contributed by atoms with van der Waals surface area (Å²) in [6, 6.07) is 7.23. The lowest BCUT2D eigenvalue weighted by Gasteiger charge is -2.07. The van der Waals surface area contributed by atoms with Gasteiger partial charge in [0.15, 0.2) is 0 Å². The molecule has 0 aliphatic carbocycles. The van der Waals surface area contributed by atoms with E-state index in [1.165, 1.54) is 0 Å². The van der Waals surface area contributed by atoms with Crippen LogP contribution in [-0.4, -0.2) is 15.5 Å². The number of pyridine rings is 1. The van der Waals surface area contributed by atoms with Gasteiger partial charge in [0.1, 0.15) is 12.3 Å². The number of nitrogens with zero attached hydrogens (tertiary/aromatic N) is 2. The molecule has 19 heavy (non-hydrogen) atoms. The third-order valence-corrected chi connectivity index (χ3v) is 2.76. The molecule has 0 bridgehead atoms. The smallest absolute Gasteiger partial charge is 0.355 e. The average Bonchev–Trinajstić information content (AvgIpc) is 2.77. The maximum Gasteiger partial charge on any atom is 0.355 e. The lowest BCUT2D eigenvalue weighted by molar-refractivity contribution is 0.0455. The second-order valence-electron chi connectivity index (χ2n) is 4.29. The van der Waals surface area contributed by atoms with Gasteiger partial charge < -0.3 is 15.0 Å². The standard InChI is InChI=1S/C14H17N3O2/c1-3-17-8-11(15)7-13(17)14(18)19-9-12-6-4-5-10(2)16-12/h4-8H,3,9,15H2,1-2H3. The molecule has 5 nitrogen and oxygen atoms in total. The minimum absolute atomic E-state index is 0.162. The number of hydrogen-bond acceptors (Lipinski definition) is 4. The van der Waals surface area contributed by atoms with Crippen molar-refractivity contribution in [1.29, 1.82) is 0 Å². The molecule has 2 aromatic rings. The van der Waals surface area contributed by atoms with Gasteiger partial charge in [-0.3, -0.25) is 4.98 Å². The molecule has 0 spiro atoms. The average molecular weight is 259 g/mol. The molecule has 2 rings (SSSR count). The molecule has 0 saturated heterocycles. The number of carbonyl (C=O) groups excluding carboxylic acids is 1. The number of rotatable bonds is 4. The first-order chi connectivity index (χ1) is 9.10. The van der Waals surface area contributed by atoms with Crippen molar-refractivity contribution in [2.24, 2.45) is 0 Å². The Bertz CT molecular complexity index is 590. The van der Waals surface area contributed by atoms with E-state index < -0.39 is 0 Å². The van der Waals surface area contributed by atoms with Crippen molar-refractivity contribution in [2.45, 2.75) is 27.0 Å². The van der Waals surface area contributed by atoms with Gasteiger partial charge in [0.2, 0.25) is 0 Å². The summed E-state index contributed by atoms with van der Waals surface area (Å²) >= 11 is 0. The Kier molecular flexibility index (Phi) is 3.85. The molecule has 2 aromatic heterocycles. The molecule has 0 radical (unpaired) electrons. The zero-order valence-corrected chi connectivity index (χ0v) is 11.1. The van der Waals surface area contributed by atoms with Crippen molar-refractivity contribution in [3.8, 4) is 0 Å². The molecule has 0 aliphatic rings. The molecular weight excluding hydrogens is 242 g/mol. The van der Waals surface area contributed by atoms with Crippen LogP contribution in [0, 0.1) is 6.92 Å². The van der Waals surface area contributed by atoms with Crippen molar-refractivity contribution in [2.75, 3.05) is 5.73 Å². The van der Waals surface area contributed by atoms with Gasteiger partial charge in [-0.2, -0.15) is 0 Å². The monoisotopic (exact) mass is 259 g/mol. The van der Waals surface area contributed by atoms with E-state index in [-0.39, 0.29) is 12.6 Å². The number of aromatic nitrogens is 2. The Morgan fingerprint density at radius 1 is 1.47 bits per heavy atom. The van der Waals surface area contributed by atoms with Crippen LogP contribution in [0.4, 0.5) is 5.69 Å². The van der Waals surface area contributed by atoms with Crippen LogP contribution in [0.1, 0.15) is 28.8 Å². The Morgan fingerprint density at radius 2 is 2.26 bits per heavy atom.